The van der Waals surface area contributed by atoms with Crippen molar-refractivity contribution in [2.24, 2.45) is 5.92 Å². The van der Waals surface area contributed by atoms with Gasteiger partial charge in [-0.1, -0.05) is 59.3 Å². The number of allylic oxidation sites excluding steroid dienone is 5. The minimum atomic E-state index is 0.883. The monoisotopic (exact) mass is 266 g/mol. The number of rotatable bonds is 0. The van der Waals surface area contributed by atoms with Gasteiger partial charge in [0.05, 0.1) is 0 Å². The molecule has 0 nitrogen and oxygen atoms in total. The summed E-state index contributed by atoms with van der Waals surface area (Å²) in [5.41, 5.74) is 3.17. The van der Waals surface area contributed by atoms with Crippen molar-refractivity contribution in [3.05, 3.63) is 36.0 Å². The average molecular weight is 267 g/mol. The lowest BCUT2D eigenvalue weighted by Gasteiger charge is -2.09. The third-order valence-corrected chi connectivity index (χ3v) is 2.82. The standard InChI is InChI=1S/C12H20.C3H6.2C2H6/c1-4-11-8-6-7-10(3)9-12(11)5-2;1-3-2;2*1-2/h4-5,10H,6-9H2,1-3H3;3H,1H2,2H3;2*1-2H3/b11-4-,12-5-;;;. The summed E-state index contributed by atoms with van der Waals surface area (Å²) in [7, 11) is 0. The van der Waals surface area contributed by atoms with E-state index in [1.807, 2.05) is 34.6 Å². The van der Waals surface area contributed by atoms with Crippen LogP contribution >= 0.6 is 0 Å². The van der Waals surface area contributed by atoms with E-state index in [0.717, 1.165) is 5.92 Å². The highest BCUT2D eigenvalue weighted by Gasteiger charge is 2.13. The van der Waals surface area contributed by atoms with Crippen molar-refractivity contribution in [1.82, 2.24) is 0 Å². The maximum Gasteiger partial charge on any atom is -0.0254 e. The van der Waals surface area contributed by atoms with Gasteiger partial charge in [0.15, 0.2) is 0 Å². The van der Waals surface area contributed by atoms with Crippen LogP contribution in [0.25, 0.3) is 0 Å². The van der Waals surface area contributed by atoms with Gasteiger partial charge in [0, 0.05) is 0 Å². The fraction of sp³-hybridized carbons (Fsp3) is 0.684. The van der Waals surface area contributed by atoms with E-state index in [9.17, 15) is 0 Å². The molecule has 0 aromatic carbocycles. The largest absolute Gasteiger partial charge is 0.103 e. The van der Waals surface area contributed by atoms with Crippen molar-refractivity contribution in [2.75, 3.05) is 0 Å². The fourth-order valence-corrected chi connectivity index (χ4v) is 2.04. The molecule has 0 spiro atoms. The molecule has 1 aliphatic carbocycles. The first-order valence-electron chi connectivity index (χ1n) is 8.07. The highest BCUT2D eigenvalue weighted by molar-refractivity contribution is 5.31. The quantitative estimate of drug-likeness (QED) is 0.318. The average Bonchev–Trinajstić information content (AvgIpc) is 2.65. The summed E-state index contributed by atoms with van der Waals surface area (Å²) in [6.07, 6.45) is 11.7. The number of hydrogen-bond acceptors (Lipinski definition) is 0. The van der Waals surface area contributed by atoms with Crippen molar-refractivity contribution in [1.29, 1.82) is 0 Å². The predicted molar refractivity (Wildman–Crippen MR) is 93.7 cm³/mol. The topological polar surface area (TPSA) is 0 Å². The van der Waals surface area contributed by atoms with Gasteiger partial charge in [0.1, 0.15) is 0 Å². The van der Waals surface area contributed by atoms with Gasteiger partial charge in [-0.05, 0) is 57.1 Å². The molecule has 1 fully saturated rings. The first-order chi connectivity index (χ1) is 9.19. The van der Waals surface area contributed by atoms with E-state index >= 15 is 0 Å². The molecule has 0 aromatic heterocycles. The van der Waals surface area contributed by atoms with E-state index in [-0.39, 0.29) is 0 Å². The highest BCUT2D eigenvalue weighted by atomic mass is 14.2. The molecule has 1 unspecified atom stereocenters. The van der Waals surface area contributed by atoms with Gasteiger partial charge in [-0.3, -0.25) is 0 Å². The van der Waals surface area contributed by atoms with Crippen LogP contribution in [0.15, 0.2) is 36.0 Å². The Morgan fingerprint density at radius 1 is 0.947 bits per heavy atom. The first kappa shape index (κ1) is 23.3. The molecule has 0 heteroatoms. The third-order valence-electron chi connectivity index (χ3n) is 2.82. The lowest BCUT2D eigenvalue weighted by Crippen LogP contribution is -1.93. The zero-order valence-corrected chi connectivity index (χ0v) is 14.8. The van der Waals surface area contributed by atoms with Crippen molar-refractivity contribution in [3.63, 3.8) is 0 Å². The molecule has 1 aliphatic rings. The van der Waals surface area contributed by atoms with Crippen LogP contribution in [0.1, 0.15) is 81.1 Å². The zero-order valence-electron chi connectivity index (χ0n) is 14.8. The molecule has 1 atom stereocenters. The Bertz CT molecular complexity index is 230. The van der Waals surface area contributed by atoms with E-state index in [4.69, 9.17) is 0 Å². The predicted octanol–water partition coefficient (Wildman–Crippen LogP) is 7.33. The van der Waals surface area contributed by atoms with Crippen LogP contribution in [0.2, 0.25) is 0 Å². The van der Waals surface area contributed by atoms with Crippen molar-refractivity contribution in [2.45, 2.75) is 81.1 Å². The Balaban J connectivity index is -0.000000313. The molecular weight excluding hydrogens is 228 g/mol. The molecular formula is C19H38. The molecule has 1 rings (SSSR count). The maximum absolute atomic E-state index is 3.36. The van der Waals surface area contributed by atoms with Crippen LogP contribution in [0, 0.1) is 5.92 Å². The molecule has 19 heavy (non-hydrogen) atoms. The molecule has 0 saturated heterocycles. The summed E-state index contributed by atoms with van der Waals surface area (Å²) in [4.78, 5) is 0. The highest BCUT2D eigenvalue weighted by Crippen LogP contribution is 2.30. The van der Waals surface area contributed by atoms with E-state index in [1.165, 1.54) is 25.7 Å². The van der Waals surface area contributed by atoms with Gasteiger partial charge in [-0.25, -0.2) is 0 Å². The minimum Gasteiger partial charge on any atom is -0.103 e. The maximum atomic E-state index is 3.36. The van der Waals surface area contributed by atoms with Crippen LogP contribution in [-0.4, -0.2) is 0 Å². The van der Waals surface area contributed by atoms with Gasteiger partial charge in [-0.15, -0.1) is 6.58 Å². The van der Waals surface area contributed by atoms with E-state index in [2.05, 4.69) is 39.5 Å². The molecule has 114 valence electrons. The second-order valence-corrected chi connectivity index (χ2v) is 4.24. The van der Waals surface area contributed by atoms with Crippen molar-refractivity contribution < 1.29 is 0 Å². The molecule has 0 N–H and O–H groups in total. The van der Waals surface area contributed by atoms with Gasteiger partial charge < -0.3 is 0 Å². The van der Waals surface area contributed by atoms with Crippen LogP contribution < -0.4 is 0 Å². The van der Waals surface area contributed by atoms with Gasteiger partial charge >= 0.3 is 0 Å². The Morgan fingerprint density at radius 2 is 1.37 bits per heavy atom. The Morgan fingerprint density at radius 3 is 1.74 bits per heavy atom. The van der Waals surface area contributed by atoms with Crippen molar-refractivity contribution in [3.8, 4) is 0 Å². The lowest BCUT2D eigenvalue weighted by atomic mass is 9.97. The summed E-state index contributed by atoms with van der Waals surface area (Å²) in [5.74, 6) is 0.883. The summed E-state index contributed by atoms with van der Waals surface area (Å²) in [5, 5.41) is 0. The van der Waals surface area contributed by atoms with Gasteiger partial charge in [0.25, 0.3) is 0 Å². The zero-order chi connectivity index (χ0) is 15.7. The van der Waals surface area contributed by atoms with Crippen LogP contribution in [0.4, 0.5) is 0 Å². The summed E-state index contributed by atoms with van der Waals surface area (Å²) in [6, 6.07) is 0. The Hall–Kier alpha value is -0.780. The van der Waals surface area contributed by atoms with Crippen LogP contribution in [-0.2, 0) is 0 Å². The van der Waals surface area contributed by atoms with Gasteiger partial charge in [0.2, 0.25) is 0 Å². The lowest BCUT2D eigenvalue weighted by molar-refractivity contribution is 0.531. The fourth-order valence-electron chi connectivity index (χ4n) is 2.04. The first-order valence-corrected chi connectivity index (χ1v) is 8.07. The normalized spacial score (nSPS) is 21.8. The van der Waals surface area contributed by atoms with E-state index in [1.54, 1.807) is 17.2 Å². The molecule has 0 radical (unpaired) electrons. The second-order valence-electron chi connectivity index (χ2n) is 4.24. The van der Waals surface area contributed by atoms with Crippen molar-refractivity contribution >= 4 is 0 Å². The second kappa shape index (κ2) is 19.6. The Labute approximate surface area is 123 Å². The molecule has 0 aromatic rings. The minimum absolute atomic E-state index is 0.883. The van der Waals surface area contributed by atoms with E-state index < -0.39 is 0 Å². The summed E-state index contributed by atoms with van der Waals surface area (Å²) >= 11 is 0. The number of hydrogen-bond donors (Lipinski definition) is 0. The van der Waals surface area contributed by atoms with E-state index in [0.29, 0.717) is 0 Å². The molecule has 0 amide bonds. The summed E-state index contributed by atoms with van der Waals surface area (Å²) < 4.78 is 0. The van der Waals surface area contributed by atoms with Gasteiger partial charge in [-0.2, -0.15) is 0 Å². The Kier molecular flexibility index (Phi) is 24.0. The third kappa shape index (κ3) is 13.5. The SMILES string of the molecule is C/C=C1/CCCC(C)C/C1=C/C.C=CC.CC.CC. The molecule has 0 heterocycles. The van der Waals surface area contributed by atoms with Crippen LogP contribution in [0.3, 0.4) is 0 Å². The van der Waals surface area contributed by atoms with Crippen LogP contribution in [0.5, 0.6) is 0 Å². The smallest absolute Gasteiger partial charge is 0.0254 e. The molecule has 1 saturated carbocycles. The molecule has 0 aliphatic heterocycles. The molecule has 0 bridgehead atoms. The summed E-state index contributed by atoms with van der Waals surface area (Å²) in [6.45, 7) is 19.9.